The van der Waals surface area contributed by atoms with Gasteiger partial charge >= 0.3 is 0 Å². The summed E-state index contributed by atoms with van der Waals surface area (Å²) in [5.74, 6) is 0.951. The highest BCUT2D eigenvalue weighted by Crippen LogP contribution is 2.27. The molecule has 34 heavy (non-hydrogen) atoms. The van der Waals surface area contributed by atoms with E-state index in [9.17, 15) is 9.65 Å². The Kier molecular flexibility index (Phi) is 6.56. The maximum absolute atomic E-state index is 13.6. The van der Waals surface area contributed by atoms with E-state index in [0.29, 0.717) is 41.6 Å². The summed E-state index contributed by atoms with van der Waals surface area (Å²) in [6.45, 7) is 4.87. The Morgan fingerprint density at radius 1 is 1.12 bits per heavy atom. The molecule has 0 radical (unpaired) electrons. The number of hydrogen-bond acceptors (Lipinski definition) is 9. The molecule has 1 N–H and O–H groups in total. The predicted octanol–water partition coefficient (Wildman–Crippen LogP) is 2.93. The van der Waals surface area contributed by atoms with Crippen molar-refractivity contribution in [2.45, 2.75) is 19.1 Å². The summed E-state index contributed by atoms with van der Waals surface area (Å²) in [4.78, 5) is 22.0. The molecule has 174 valence electrons. The van der Waals surface area contributed by atoms with Crippen LogP contribution in [0, 0.1) is 11.3 Å². The number of anilines is 3. The lowest BCUT2D eigenvalue weighted by molar-refractivity contribution is 0.0336. The van der Waals surface area contributed by atoms with Crippen LogP contribution in [0.5, 0.6) is 0 Å². The molecule has 2 fully saturated rings. The number of alkyl halides is 1. The standard InChI is InChI=1S/C24H25FN8O/c25-19-3-6-33(15-19)23-17(13-26)11-18(14-29-23)22-2-5-28-24(31-22)30-20-1-4-27-21(12-20)16-32-7-9-34-10-8-32/h1-2,4-5,11-12,14,19H,3,6-10,15-16H2,(H,27,28,30,31). The summed E-state index contributed by atoms with van der Waals surface area (Å²) in [6, 6.07) is 9.56. The van der Waals surface area contributed by atoms with E-state index in [1.807, 2.05) is 17.0 Å². The maximum Gasteiger partial charge on any atom is 0.227 e. The number of hydrogen-bond donors (Lipinski definition) is 1. The monoisotopic (exact) mass is 460 g/mol. The minimum Gasteiger partial charge on any atom is -0.379 e. The molecule has 1 unspecified atom stereocenters. The van der Waals surface area contributed by atoms with Gasteiger partial charge in [0.2, 0.25) is 5.95 Å². The Bertz CT molecular complexity index is 1190. The third-order valence-corrected chi connectivity index (χ3v) is 5.93. The van der Waals surface area contributed by atoms with E-state index in [1.165, 1.54) is 0 Å². The zero-order valence-corrected chi connectivity index (χ0v) is 18.7. The summed E-state index contributed by atoms with van der Waals surface area (Å²) >= 11 is 0. The molecule has 2 saturated heterocycles. The predicted molar refractivity (Wildman–Crippen MR) is 125 cm³/mol. The van der Waals surface area contributed by atoms with Crippen molar-refractivity contribution < 1.29 is 9.13 Å². The number of aromatic nitrogens is 4. The number of nitriles is 1. The molecule has 5 rings (SSSR count). The first kappa shape index (κ1) is 22.1. The quantitative estimate of drug-likeness (QED) is 0.595. The van der Waals surface area contributed by atoms with E-state index < -0.39 is 6.17 Å². The van der Waals surface area contributed by atoms with Crippen molar-refractivity contribution in [2.75, 3.05) is 49.6 Å². The molecule has 3 aromatic rings. The zero-order valence-electron chi connectivity index (χ0n) is 18.7. The Labute approximate surface area is 197 Å². The number of halogens is 1. The Morgan fingerprint density at radius 3 is 2.76 bits per heavy atom. The largest absolute Gasteiger partial charge is 0.379 e. The topological polar surface area (TPSA) is 103 Å². The van der Waals surface area contributed by atoms with Crippen molar-refractivity contribution in [1.29, 1.82) is 5.26 Å². The average Bonchev–Trinajstić information content (AvgIpc) is 3.30. The van der Waals surface area contributed by atoms with Gasteiger partial charge in [-0.05, 0) is 30.7 Å². The molecule has 2 aliphatic rings. The number of morpholine rings is 1. The normalized spacial score (nSPS) is 18.6. The molecule has 0 aliphatic carbocycles. The van der Waals surface area contributed by atoms with E-state index in [0.717, 1.165) is 44.2 Å². The van der Waals surface area contributed by atoms with Crippen LogP contribution in [0.15, 0.2) is 42.9 Å². The van der Waals surface area contributed by atoms with Crippen LogP contribution >= 0.6 is 0 Å². The lowest BCUT2D eigenvalue weighted by atomic mass is 10.1. The first-order valence-electron chi connectivity index (χ1n) is 11.3. The fraction of sp³-hybridized carbons (Fsp3) is 0.375. The van der Waals surface area contributed by atoms with Gasteiger partial charge in [0.1, 0.15) is 18.1 Å². The zero-order chi connectivity index (χ0) is 23.3. The van der Waals surface area contributed by atoms with Crippen molar-refractivity contribution in [3.8, 4) is 17.3 Å². The molecule has 1 atom stereocenters. The molecule has 0 bridgehead atoms. The minimum atomic E-state index is -0.883. The average molecular weight is 461 g/mol. The molecule has 5 heterocycles. The van der Waals surface area contributed by atoms with Gasteiger partial charge in [-0.2, -0.15) is 5.26 Å². The van der Waals surface area contributed by atoms with Gasteiger partial charge in [0.25, 0.3) is 0 Å². The van der Waals surface area contributed by atoms with Crippen LogP contribution in [0.25, 0.3) is 11.3 Å². The molecule has 0 saturated carbocycles. The van der Waals surface area contributed by atoms with Gasteiger partial charge in [-0.25, -0.2) is 19.3 Å². The first-order valence-corrected chi connectivity index (χ1v) is 11.3. The van der Waals surface area contributed by atoms with Gasteiger partial charge in [0.15, 0.2) is 0 Å². The number of ether oxygens (including phenoxy) is 1. The maximum atomic E-state index is 13.6. The van der Waals surface area contributed by atoms with Crippen LogP contribution in [0.1, 0.15) is 17.7 Å². The SMILES string of the molecule is N#Cc1cc(-c2ccnc(Nc3ccnc(CN4CCOCC4)c3)n2)cnc1N1CCC(F)C1. The molecule has 0 spiro atoms. The van der Waals surface area contributed by atoms with Crippen LogP contribution in [-0.4, -0.2) is 70.4 Å². The lowest BCUT2D eigenvalue weighted by Gasteiger charge is -2.26. The number of nitrogens with one attached hydrogen (secondary N) is 1. The third kappa shape index (κ3) is 5.11. The highest BCUT2D eigenvalue weighted by Gasteiger charge is 2.25. The van der Waals surface area contributed by atoms with Gasteiger partial charge < -0.3 is 15.0 Å². The number of rotatable bonds is 6. The first-order chi connectivity index (χ1) is 16.7. The summed E-state index contributed by atoms with van der Waals surface area (Å²) in [5, 5.41) is 12.9. The summed E-state index contributed by atoms with van der Waals surface area (Å²) in [7, 11) is 0. The van der Waals surface area contributed by atoms with E-state index in [2.05, 4.69) is 36.2 Å². The van der Waals surface area contributed by atoms with Gasteiger partial charge in [0, 0.05) is 56.0 Å². The Morgan fingerprint density at radius 2 is 1.97 bits per heavy atom. The van der Waals surface area contributed by atoms with Crippen LogP contribution in [0.4, 0.5) is 21.8 Å². The van der Waals surface area contributed by atoms with E-state index in [-0.39, 0.29) is 6.54 Å². The van der Waals surface area contributed by atoms with Gasteiger partial charge in [-0.3, -0.25) is 9.88 Å². The van der Waals surface area contributed by atoms with Crippen LogP contribution in [0.3, 0.4) is 0 Å². The fourth-order valence-corrected chi connectivity index (χ4v) is 4.18. The molecular weight excluding hydrogens is 435 g/mol. The number of nitrogens with zero attached hydrogens (tertiary/aromatic N) is 7. The summed E-state index contributed by atoms with van der Waals surface area (Å²) < 4.78 is 19.0. The smallest absolute Gasteiger partial charge is 0.227 e. The second-order valence-corrected chi connectivity index (χ2v) is 8.35. The molecule has 2 aliphatic heterocycles. The van der Waals surface area contributed by atoms with Gasteiger partial charge in [0.05, 0.1) is 36.7 Å². The fourth-order valence-electron chi connectivity index (χ4n) is 4.18. The van der Waals surface area contributed by atoms with Gasteiger partial charge in [-0.15, -0.1) is 0 Å². The molecule has 9 nitrogen and oxygen atoms in total. The van der Waals surface area contributed by atoms with Crippen molar-refractivity contribution in [1.82, 2.24) is 24.8 Å². The Hall–Kier alpha value is -3.68. The van der Waals surface area contributed by atoms with Crippen LogP contribution < -0.4 is 10.2 Å². The van der Waals surface area contributed by atoms with Crippen molar-refractivity contribution >= 4 is 17.5 Å². The van der Waals surface area contributed by atoms with Gasteiger partial charge in [-0.1, -0.05) is 0 Å². The highest BCUT2D eigenvalue weighted by molar-refractivity contribution is 5.67. The Balaban J connectivity index is 1.32. The van der Waals surface area contributed by atoms with Crippen molar-refractivity contribution in [3.05, 3.63) is 54.1 Å². The van der Waals surface area contributed by atoms with Crippen molar-refractivity contribution in [3.63, 3.8) is 0 Å². The second kappa shape index (κ2) is 10.1. The minimum absolute atomic E-state index is 0.266. The number of pyridine rings is 2. The molecule has 0 aromatic carbocycles. The summed E-state index contributed by atoms with van der Waals surface area (Å²) in [6.07, 6.45) is 4.67. The molecule has 3 aromatic heterocycles. The summed E-state index contributed by atoms with van der Waals surface area (Å²) in [5.41, 5.74) is 3.54. The van der Waals surface area contributed by atoms with E-state index in [4.69, 9.17) is 4.74 Å². The second-order valence-electron chi connectivity index (χ2n) is 8.35. The lowest BCUT2D eigenvalue weighted by Crippen LogP contribution is -2.35. The molecule has 0 amide bonds. The van der Waals surface area contributed by atoms with E-state index in [1.54, 1.807) is 30.7 Å². The van der Waals surface area contributed by atoms with E-state index >= 15 is 0 Å². The van der Waals surface area contributed by atoms with Crippen LogP contribution in [-0.2, 0) is 11.3 Å². The third-order valence-electron chi connectivity index (χ3n) is 5.93. The van der Waals surface area contributed by atoms with Crippen molar-refractivity contribution in [2.24, 2.45) is 0 Å². The van der Waals surface area contributed by atoms with Crippen LogP contribution in [0.2, 0.25) is 0 Å². The highest BCUT2D eigenvalue weighted by atomic mass is 19.1. The molecule has 10 heteroatoms. The molecular formula is C24H25FN8O.